The number of anilines is 1. The predicted octanol–water partition coefficient (Wildman–Crippen LogP) is 5.58. The van der Waals surface area contributed by atoms with Crippen molar-refractivity contribution in [1.82, 2.24) is 5.32 Å². The Balaban J connectivity index is 2.14. The van der Waals surface area contributed by atoms with Crippen LogP contribution in [-0.4, -0.2) is 5.11 Å². The Kier molecular flexibility index (Phi) is 6.13. The van der Waals surface area contributed by atoms with Crippen LogP contribution in [0.4, 0.5) is 10.1 Å². The molecule has 0 amide bonds. The van der Waals surface area contributed by atoms with Gasteiger partial charge < -0.3 is 10.6 Å². The lowest BCUT2D eigenvalue weighted by molar-refractivity contribution is 0.471. The van der Waals surface area contributed by atoms with Crippen molar-refractivity contribution < 1.29 is 4.39 Å². The van der Waals surface area contributed by atoms with Gasteiger partial charge in [0, 0.05) is 4.47 Å². The minimum absolute atomic E-state index is 0.0645. The topological polar surface area (TPSA) is 24.1 Å². The van der Waals surface area contributed by atoms with Crippen molar-refractivity contribution in [3.05, 3.63) is 63.9 Å². The smallest absolute Gasteiger partial charge is 0.171 e. The van der Waals surface area contributed by atoms with Gasteiger partial charge in [0.15, 0.2) is 5.11 Å². The van der Waals surface area contributed by atoms with Crippen molar-refractivity contribution in [3.8, 4) is 0 Å². The lowest BCUT2D eigenvalue weighted by Gasteiger charge is -2.26. The molecule has 23 heavy (non-hydrogen) atoms. The molecule has 0 bridgehead atoms. The predicted molar refractivity (Wildman–Crippen MR) is 102 cm³/mol. The fourth-order valence-electron chi connectivity index (χ4n) is 2.43. The first-order valence-electron chi connectivity index (χ1n) is 7.46. The highest BCUT2D eigenvalue weighted by Crippen LogP contribution is 2.25. The van der Waals surface area contributed by atoms with Crippen LogP contribution in [0, 0.1) is 18.7 Å². The number of hydrogen-bond acceptors (Lipinski definition) is 1. The molecular formula is C18H20BrFN2S. The molecule has 0 aliphatic heterocycles. The second kappa shape index (κ2) is 7.88. The van der Waals surface area contributed by atoms with Crippen LogP contribution in [0.3, 0.4) is 0 Å². The molecule has 0 saturated carbocycles. The van der Waals surface area contributed by atoms with E-state index in [1.165, 1.54) is 17.2 Å². The van der Waals surface area contributed by atoms with Crippen LogP contribution in [0.5, 0.6) is 0 Å². The first kappa shape index (κ1) is 17.9. The van der Waals surface area contributed by atoms with E-state index in [1.807, 2.05) is 12.1 Å². The highest BCUT2D eigenvalue weighted by atomic mass is 79.9. The van der Waals surface area contributed by atoms with Crippen LogP contribution in [0.2, 0.25) is 0 Å². The number of rotatable bonds is 4. The van der Waals surface area contributed by atoms with Crippen molar-refractivity contribution in [1.29, 1.82) is 0 Å². The van der Waals surface area contributed by atoms with Crippen LogP contribution in [-0.2, 0) is 0 Å². The van der Waals surface area contributed by atoms with E-state index in [-0.39, 0.29) is 11.9 Å². The summed E-state index contributed by atoms with van der Waals surface area (Å²) in [5, 5.41) is 6.65. The van der Waals surface area contributed by atoms with E-state index in [1.54, 1.807) is 12.1 Å². The molecule has 0 radical (unpaired) electrons. The fraction of sp³-hybridized carbons (Fsp3) is 0.278. The zero-order chi connectivity index (χ0) is 17.0. The average Bonchev–Trinajstić information content (AvgIpc) is 2.48. The second-order valence-electron chi connectivity index (χ2n) is 5.80. The Morgan fingerprint density at radius 2 is 1.87 bits per heavy atom. The Morgan fingerprint density at radius 1 is 1.17 bits per heavy atom. The zero-order valence-corrected chi connectivity index (χ0v) is 15.8. The van der Waals surface area contributed by atoms with Gasteiger partial charge in [-0.25, -0.2) is 4.39 Å². The Bertz CT molecular complexity index is 703. The van der Waals surface area contributed by atoms with E-state index in [2.05, 4.69) is 59.5 Å². The summed E-state index contributed by atoms with van der Waals surface area (Å²) < 4.78 is 14.6. The van der Waals surface area contributed by atoms with E-state index in [4.69, 9.17) is 12.2 Å². The molecular weight excluding hydrogens is 375 g/mol. The minimum Gasteiger partial charge on any atom is -0.355 e. The van der Waals surface area contributed by atoms with Crippen LogP contribution in [0.1, 0.15) is 31.0 Å². The van der Waals surface area contributed by atoms with Gasteiger partial charge in [-0.05, 0) is 54.4 Å². The van der Waals surface area contributed by atoms with Gasteiger partial charge in [-0.3, -0.25) is 0 Å². The average molecular weight is 395 g/mol. The van der Waals surface area contributed by atoms with Gasteiger partial charge in [0.25, 0.3) is 0 Å². The number of aryl methyl sites for hydroxylation is 1. The molecule has 5 heteroatoms. The van der Waals surface area contributed by atoms with Crippen molar-refractivity contribution in [2.75, 3.05) is 5.32 Å². The molecule has 1 atom stereocenters. The summed E-state index contributed by atoms with van der Waals surface area (Å²) in [5.41, 5.74) is 2.76. The molecule has 122 valence electrons. The molecule has 0 unspecified atom stereocenters. The summed E-state index contributed by atoms with van der Waals surface area (Å²) in [5.74, 6) is -0.00821. The first-order valence-corrected chi connectivity index (χ1v) is 8.66. The number of nitrogens with one attached hydrogen (secondary N) is 2. The Hall–Kier alpha value is -1.46. The van der Waals surface area contributed by atoms with E-state index < -0.39 is 0 Å². The number of benzene rings is 2. The highest BCUT2D eigenvalue weighted by Gasteiger charge is 2.18. The molecule has 0 fully saturated rings. The SMILES string of the molecule is Cc1ccccc1[C@@H](NC(=S)Nc1ccc(Br)cc1F)C(C)C. The molecule has 0 aliphatic carbocycles. The molecule has 2 N–H and O–H groups in total. The van der Waals surface area contributed by atoms with Crippen LogP contribution in [0.25, 0.3) is 0 Å². The largest absolute Gasteiger partial charge is 0.355 e. The lowest BCUT2D eigenvalue weighted by Crippen LogP contribution is -2.35. The molecule has 2 aromatic carbocycles. The molecule has 0 heterocycles. The molecule has 2 aromatic rings. The first-order chi connectivity index (χ1) is 10.9. The fourth-order valence-corrected chi connectivity index (χ4v) is 3.00. The maximum atomic E-state index is 13.9. The van der Waals surface area contributed by atoms with Gasteiger partial charge in [0.1, 0.15) is 5.82 Å². The van der Waals surface area contributed by atoms with Crippen molar-refractivity contribution in [3.63, 3.8) is 0 Å². The molecule has 0 saturated heterocycles. The quantitative estimate of drug-likeness (QED) is 0.661. The van der Waals surface area contributed by atoms with E-state index in [9.17, 15) is 4.39 Å². The van der Waals surface area contributed by atoms with Crippen LogP contribution >= 0.6 is 28.1 Å². The maximum Gasteiger partial charge on any atom is 0.171 e. The van der Waals surface area contributed by atoms with Crippen molar-refractivity contribution in [2.24, 2.45) is 5.92 Å². The maximum absolute atomic E-state index is 13.9. The van der Waals surface area contributed by atoms with Gasteiger partial charge in [-0.15, -0.1) is 0 Å². The summed E-state index contributed by atoms with van der Waals surface area (Å²) in [6.07, 6.45) is 0. The molecule has 0 aromatic heterocycles. The van der Waals surface area contributed by atoms with Gasteiger partial charge in [-0.2, -0.15) is 0 Å². The number of thiocarbonyl (C=S) groups is 1. The summed E-state index contributed by atoms with van der Waals surface area (Å²) >= 11 is 8.61. The number of halogens is 2. The van der Waals surface area contributed by atoms with Gasteiger partial charge >= 0.3 is 0 Å². The third-order valence-corrected chi connectivity index (χ3v) is 4.37. The highest BCUT2D eigenvalue weighted by molar-refractivity contribution is 9.10. The molecule has 0 spiro atoms. The summed E-state index contributed by atoms with van der Waals surface area (Å²) in [7, 11) is 0. The van der Waals surface area contributed by atoms with E-state index >= 15 is 0 Å². The van der Waals surface area contributed by atoms with E-state index in [0.717, 1.165) is 0 Å². The van der Waals surface area contributed by atoms with Crippen molar-refractivity contribution >= 4 is 38.9 Å². The second-order valence-corrected chi connectivity index (χ2v) is 7.12. The van der Waals surface area contributed by atoms with Crippen molar-refractivity contribution in [2.45, 2.75) is 26.8 Å². The summed E-state index contributed by atoms with van der Waals surface area (Å²) in [4.78, 5) is 0. The van der Waals surface area contributed by atoms with Gasteiger partial charge in [0.05, 0.1) is 11.7 Å². The molecule has 2 rings (SSSR count). The standard InChI is InChI=1S/C18H20BrFN2S/c1-11(2)17(14-7-5-4-6-12(14)3)22-18(23)21-16-9-8-13(19)10-15(16)20/h4-11,17H,1-3H3,(H2,21,22,23)/t17-/m0/s1. The lowest BCUT2D eigenvalue weighted by atomic mass is 9.93. The monoisotopic (exact) mass is 394 g/mol. The third-order valence-electron chi connectivity index (χ3n) is 3.66. The minimum atomic E-state index is -0.347. The van der Waals surface area contributed by atoms with Crippen LogP contribution in [0.15, 0.2) is 46.9 Å². The normalized spacial score (nSPS) is 12.1. The van der Waals surface area contributed by atoms with E-state index in [0.29, 0.717) is 21.2 Å². The molecule has 2 nitrogen and oxygen atoms in total. The van der Waals surface area contributed by atoms with Gasteiger partial charge in [0.2, 0.25) is 0 Å². The Labute approximate surface area is 150 Å². The van der Waals surface area contributed by atoms with Crippen LogP contribution < -0.4 is 10.6 Å². The Morgan fingerprint density at radius 3 is 2.48 bits per heavy atom. The van der Waals surface area contributed by atoms with Gasteiger partial charge in [-0.1, -0.05) is 54.0 Å². The summed E-state index contributed by atoms with van der Waals surface area (Å²) in [6, 6.07) is 13.1. The third kappa shape index (κ3) is 4.75. The molecule has 0 aliphatic rings. The summed E-state index contributed by atoms with van der Waals surface area (Å²) in [6.45, 7) is 6.34. The zero-order valence-electron chi connectivity index (χ0n) is 13.4. The number of hydrogen-bond donors (Lipinski definition) is 2.